The molecule has 0 aromatic rings. The zero-order valence-corrected chi connectivity index (χ0v) is 15.3. The number of carbonyl (C=O) groups excluding carboxylic acids is 2. The summed E-state index contributed by atoms with van der Waals surface area (Å²) < 4.78 is 0. The van der Waals surface area contributed by atoms with Crippen molar-refractivity contribution >= 4 is 11.6 Å². The van der Waals surface area contributed by atoms with Crippen molar-refractivity contribution in [1.29, 1.82) is 0 Å². The van der Waals surface area contributed by atoms with E-state index in [0.29, 0.717) is 25.7 Å². The van der Waals surface area contributed by atoms with Crippen molar-refractivity contribution in [3.8, 4) is 0 Å². The number of fused-ring (bicyclic) bond motifs is 2. The Morgan fingerprint density at radius 1 is 1.04 bits per heavy atom. The van der Waals surface area contributed by atoms with Crippen LogP contribution in [-0.2, 0) is 9.59 Å². The standard InChI is InChI=1S/C20H30O5/c1-17(10-21)15(24)3-4-18(2)16(17)14(23)8-12-7-13-9-19(12,18)5-6-20(13,25)11-22/h12-13,16,21-22,25H,3-11H2,1-2H3/t12-,13-,16+,17-,18+,19+,20+/m1/s1. The van der Waals surface area contributed by atoms with Gasteiger partial charge >= 0.3 is 0 Å². The molecule has 5 nitrogen and oxygen atoms in total. The molecule has 0 heterocycles. The van der Waals surface area contributed by atoms with Gasteiger partial charge in [0.1, 0.15) is 11.6 Å². The Kier molecular flexibility index (Phi) is 3.62. The van der Waals surface area contributed by atoms with Gasteiger partial charge in [-0.15, -0.1) is 0 Å². The Labute approximate surface area is 148 Å². The second-order valence-electron chi connectivity index (χ2n) is 9.77. The zero-order chi connectivity index (χ0) is 18.3. The first-order valence-corrected chi connectivity index (χ1v) is 9.67. The molecule has 140 valence electrons. The molecule has 4 fully saturated rings. The largest absolute Gasteiger partial charge is 0.395 e. The Balaban J connectivity index is 1.81. The molecule has 0 radical (unpaired) electrons. The lowest BCUT2D eigenvalue weighted by Crippen LogP contribution is -2.65. The van der Waals surface area contributed by atoms with E-state index in [-0.39, 0.29) is 47.4 Å². The highest BCUT2D eigenvalue weighted by molar-refractivity contribution is 5.95. The smallest absolute Gasteiger partial charge is 0.141 e. The first kappa shape index (κ1) is 17.6. The fourth-order valence-corrected chi connectivity index (χ4v) is 7.54. The van der Waals surface area contributed by atoms with E-state index in [4.69, 9.17) is 0 Å². The van der Waals surface area contributed by atoms with Gasteiger partial charge in [-0.2, -0.15) is 0 Å². The van der Waals surface area contributed by atoms with Gasteiger partial charge in [-0.05, 0) is 61.7 Å². The quantitative estimate of drug-likeness (QED) is 0.701. The lowest BCUT2D eigenvalue weighted by Gasteiger charge is -2.64. The molecule has 2 bridgehead atoms. The van der Waals surface area contributed by atoms with E-state index in [9.17, 15) is 24.9 Å². The molecular formula is C20H30O5. The summed E-state index contributed by atoms with van der Waals surface area (Å²) >= 11 is 0. The van der Waals surface area contributed by atoms with Gasteiger partial charge in [-0.3, -0.25) is 9.59 Å². The van der Waals surface area contributed by atoms with E-state index in [1.165, 1.54) is 0 Å². The molecule has 0 saturated heterocycles. The topological polar surface area (TPSA) is 94.8 Å². The number of aliphatic hydroxyl groups excluding tert-OH is 2. The third-order valence-corrected chi connectivity index (χ3v) is 9.02. The minimum atomic E-state index is -1.03. The summed E-state index contributed by atoms with van der Waals surface area (Å²) in [7, 11) is 0. The molecule has 0 aromatic heterocycles. The zero-order valence-electron chi connectivity index (χ0n) is 15.3. The summed E-state index contributed by atoms with van der Waals surface area (Å²) in [4.78, 5) is 25.8. The van der Waals surface area contributed by atoms with Crippen molar-refractivity contribution in [2.75, 3.05) is 13.2 Å². The van der Waals surface area contributed by atoms with Gasteiger partial charge in [-0.25, -0.2) is 0 Å². The van der Waals surface area contributed by atoms with Crippen LogP contribution in [0.1, 0.15) is 58.8 Å². The third-order valence-electron chi connectivity index (χ3n) is 9.02. The number of aliphatic hydroxyl groups is 3. The lowest BCUT2D eigenvalue weighted by molar-refractivity contribution is -0.193. The van der Waals surface area contributed by atoms with Crippen LogP contribution in [0.4, 0.5) is 0 Å². The van der Waals surface area contributed by atoms with Gasteiger partial charge < -0.3 is 15.3 Å². The van der Waals surface area contributed by atoms with Crippen LogP contribution in [0.5, 0.6) is 0 Å². The summed E-state index contributed by atoms with van der Waals surface area (Å²) in [6.45, 7) is 3.43. The first-order valence-electron chi connectivity index (χ1n) is 9.67. The number of Topliss-reactive ketones (excluding diaryl/α,β-unsaturated/α-hetero) is 2. The van der Waals surface area contributed by atoms with Crippen LogP contribution in [-0.4, -0.2) is 45.7 Å². The van der Waals surface area contributed by atoms with Crippen LogP contribution in [0.25, 0.3) is 0 Å². The predicted molar refractivity (Wildman–Crippen MR) is 90.6 cm³/mol. The van der Waals surface area contributed by atoms with E-state index < -0.39 is 16.9 Å². The second-order valence-corrected chi connectivity index (χ2v) is 9.77. The van der Waals surface area contributed by atoms with Crippen LogP contribution in [0.2, 0.25) is 0 Å². The molecular weight excluding hydrogens is 320 g/mol. The van der Waals surface area contributed by atoms with Crippen molar-refractivity contribution in [2.24, 2.45) is 34.0 Å². The summed E-state index contributed by atoms with van der Waals surface area (Å²) in [5, 5.41) is 30.6. The number of rotatable bonds is 2. The van der Waals surface area contributed by atoms with Crippen molar-refractivity contribution in [1.82, 2.24) is 0 Å². The Morgan fingerprint density at radius 2 is 1.76 bits per heavy atom. The van der Waals surface area contributed by atoms with Crippen LogP contribution in [0.3, 0.4) is 0 Å². The van der Waals surface area contributed by atoms with Crippen LogP contribution < -0.4 is 0 Å². The maximum Gasteiger partial charge on any atom is 0.141 e. The summed E-state index contributed by atoms with van der Waals surface area (Å²) in [5.74, 6) is -0.0529. The van der Waals surface area contributed by atoms with E-state index in [1.54, 1.807) is 6.92 Å². The summed E-state index contributed by atoms with van der Waals surface area (Å²) in [6, 6.07) is 0. The van der Waals surface area contributed by atoms with Crippen LogP contribution in [0, 0.1) is 34.0 Å². The van der Waals surface area contributed by atoms with Crippen molar-refractivity contribution in [2.45, 2.75) is 64.4 Å². The van der Waals surface area contributed by atoms with Gasteiger partial charge in [-0.1, -0.05) is 6.92 Å². The van der Waals surface area contributed by atoms with Gasteiger partial charge in [0.25, 0.3) is 0 Å². The average molecular weight is 350 g/mol. The minimum Gasteiger partial charge on any atom is -0.395 e. The summed E-state index contributed by atoms with van der Waals surface area (Å²) in [5.41, 5.74) is -2.38. The van der Waals surface area contributed by atoms with Gasteiger partial charge in [0.05, 0.1) is 24.2 Å². The van der Waals surface area contributed by atoms with Gasteiger partial charge in [0.15, 0.2) is 0 Å². The first-order chi connectivity index (χ1) is 11.7. The van der Waals surface area contributed by atoms with E-state index in [1.807, 2.05) is 0 Å². The highest BCUT2D eigenvalue weighted by atomic mass is 16.3. The monoisotopic (exact) mass is 350 g/mol. The van der Waals surface area contributed by atoms with E-state index in [0.717, 1.165) is 19.3 Å². The van der Waals surface area contributed by atoms with Crippen LogP contribution in [0.15, 0.2) is 0 Å². The average Bonchev–Trinajstić information content (AvgIpc) is 2.92. The fraction of sp³-hybridized carbons (Fsp3) is 0.900. The predicted octanol–water partition coefficient (Wildman–Crippen LogP) is 1.47. The molecule has 4 rings (SSSR count). The van der Waals surface area contributed by atoms with Crippen molar-refractivity contribution < 1.29 is 24.9 Å². The molecule has 4 saturated carbocycles. The number of hydrogen-bond acceptors (Lipinski definition) is 5. The maximum absolute atomic E-state index is 13.1. The molecule has 1 spiro atoms. The van der Waals surface area contributed by atoms with Crippen molar-refractivity contribution in [3.63, 3.8) is 0 Å². The normalized spacial score (nSPS) is 55.0. The van der Waals surface area contributed by atoms with Crippen molar-refractivity contribution in [3.05, 3.63) is 0 Å². The molecule has 0 unspecified atom stereocenters. The second kappa shape index (κ2) is 5.14. The third kappa shape index (κ3) is 1.90. The molecule has 25 heavy (non-hydrogen) atoms. The van der Waals surface area contributed by atoms with E-state index >= 15 is 0 Å². The Morgan fingerprint density at radius 3 is 2.40 bits per heavy atom. The highest BCUT2D eigenvalue weighted by Crippen LogP contribution is 2.74. The minimum absolute atomic E-state index is 0.0119. The SMILES string of the molecule is C[C@]12CCC(=O)[C@@](C)(CO)[C@@H]1C(=O)C[C@H]1C[C@@H]3C[C@@]12CC[C@]3(O)CO. The number of hydrogen-bond donors (Lipinski definition) is 3. The van der Waals surface area contributed by atoms with E-state index in [2.05, 4.69) is 6.92 Å². The Hall–Kier alpha value is -0.780. The highest BCUT2D eigenvalue weighted by Gasteiger charge is 2.72. The molecule has 4 aliphatic carbocycles. The fourth-order valence-electron chi connectivity index (χ4n) is 7.54. The van der Waals surface area contributed by atoms with Gasteiger partial charge in [0.2, 0.25) is 0 Å². The molecule has 5 heteroatoms. The number of ketones is 2. The molecule has 4 aliphatic rings. The summed E-state index contributed by atoms with van der Waals surface area (Å²) in [6.07, 6.45) is 4.52. The lowest BCUT2D eigenvalue weighted by atomic mass is 9.39. The van der Waals surface area contributed by atoms with Crippen LogP contribution >= 0.6 is 0 Å². The molecule has 0 aromatic carbocycles. The number of carbonyl (C=O) groups is 2. The maximum atomic E-state index is 13.1. The molecule has 3 N–H and O–H groups in total. The molecule has 0 amide bonds. The van der Waals surface area contributed by atoms with Gasteiger partial charge in [0, 0.05) is 18.8 Å². The molecule has 0 aliphatic heterocycles. The Bertz CT molecular complexity index is 632. The molecule has 7 atom stereocenters.